The molecule has 2 aliphatic rings. The Hall–Kier alpha value is -2.97. The molecule has 0 radical (unpaired) electrons. The Balaban J connectivity index is 1.28. The van der Waals surface area contributed by atoms with Gasteiger partial charge in [-0.3, -0.25) is 4.79 Å². The molecule has 0 N–H and O–H groups in total. The minimum absolute atomic E-state index is 0.0358. The number of thiazole rings is 1. The number of likely N-dealkylation sites (tertiary alicyclic amines) is 1. The van der Waals surface area contributed by atoms with E-state index in [1.165, 1.54) is 4.80 Å². The smallest absolute Gasteiger partial charge is 0.256 e. The van der Waals surface area contributed by atoms with Crippen molar-refractivity contribution in [3.8, 4) is 5.69 Å². The van der Waals surface area contributed by atoms with Crippen LogP contribution in [-0.4, -0.2) is 56.5 Å². The average molecular weight is 465 g/mol. The molecule has 2 unspecified atom stereocenters. The molecule has 2 atom stereocenters. The number of fused-ring (bicyclic) bond motifs is 3. The second-order valence-corrected chi connectivity index (χ2v) is 10.0. The van der Waals surface area contributed by atoms with E-state index in [0.717, 1.165) is 45.4 Å². The molecule has 0 saturated carbocycles. The van der Waals surface area contributed by atoms with Crippen LogP contribution in [0.2, 0.25) is 5.02 Å². The van der Waals surface area contributed by atoms with Crippen molar-refractivity contribution in [3.05, 3.63) is 64.9 Å². The summed E-state index contributed by atoms with van der Waals surface area (Å²) in [5, 5.41) is 10.2. The number of carbonyl (C=O) groups excluding carboxylic acids is 1. The van der Waals surface area contributed by atoms with E-state index >= 15 is 0 Å². The predicted octanol–water partition coefficient (Wildman–Crippen LogP) is 4.19. The molecule has 0 aliphatic carbocycles. The highest BCUT2D eigenvalue weighted by Crippen LogP contribution is 2.38. The number of nitrogens with zero attached hydrogens (tertiary/aromatic N) is 6. The fraction of sp³-hybridized carbons (Fsp3) is 0.304. The summed E-state index contributed by atoms with van der Waals surface area (Å²) in [7, 11) is 0. The van der Waals surface area contributed by atoms with Crippen LogP contribution in [0.5, 0.6) is 0 Å². The van der Waals surface area contributed by atoms with Gasteiger partial charge in [0.2, 0.25) is 0 Å². The number of amides is 1. The van der Waals surface area contributed by atoms with Crippen LogP contribution in [0.1, 0.15) is 22.3 Å². The average Bonchev–Trinajstić information content (AvgIpc) is 3.51. The Kier molecular flexibility index (Phi) is 4.66. The van der Waals surface area contributed by atoms with Crippen LogP contribution in [0.3, 0.4) is 0 Å². The van der Waals surface area contributed by atoms with Crippen molar-refractivity contribution in [1.29, 1.82) is 0 Å². The normalized spacial score (nSPS) is 20.3. The fourth-order valence-corrected chi connectivity index (χ4v) is 6.20. The molecule has 0 spiro atoms. The summed E-state index contributed by atoms with van der Waals surface area (Å²) in [6, 6.07) is 11.9. The third kappa shape index (κ3) is 3.34. The Morgan fingerprint density at radius 3 is 2.78 bits per heavy atom. The second-order valence-electron chi connectivity index (χ2n) is 8.57. The molecular weight excluding hydrogens is 444 g/mol. The minimum Gasteiger partial charge on any atom is -0.343 e. The summed E-state index contributed by atoms with van der Waals surface area (Å²) >= 11 is 7.83. The third-order valence-electron chi connectivity index (χ3n) is 6.30. The molecule has 4 aromatic rings. The summed E-state index contributed by atoms with van der Waals surface area (Å²) in [5.74, 6) is 0.470. The van der Waals surface area contributed by atoms with E-state index < -0.39 is 0 Å². The predicted molar refractivity (Wildman–Crippen MR) is 126 cm³/mol. The molecule has 4 heterocycles. The van der Waals surface area contributed by atoms with Gasteiger partial charge >= 0.3 is 0 Å². The number of halogens is 1. The highest BCUT2D eigenvalue weighted by molar-refractivity contribution is 7.22. The number of carbonyl (C=O) groups is 1. The maximum atomic E-state index is 13.6. The Morgan fingerprint density at radius 2 is 1.94 bits per heavy atom. The number of hydrogen-bond acceptors (Lipinski definition) is 6. The summed E-state index contributed by atoms with van der Waals surface area (Å²) in [6.45, 7) is 4.36. The van der Waals surface area contributed by atoms with Gasteiger partial charge in [-0.25, -0.2) is 4.98 Å². The first-order valence-corrected chi connectivity index (χ1v) is 11.8. The number of aryl methyl sites for hydroxylation is 1. The number of rotatable bonds is 3. The van der Waals surface area contributed by atoms with Crippen LogP contribution in [0.4, 0.5) is 5.13 Å². The van der Waals surface area contributed by atoms with Gasteiger partial charge in [-0.1, -0.05) is 34.6 Å². The lowest BCUT2D eigenvalue weighted by Crippen LogP contribution is -2.45. The monoisotopic (exact) mass is 464 g/mol. The quantitative estimate of drug-likeness (QED) is 0.454. The SMILES string of the molecule is Cc1ccc(-n2nccn2)c(C(=O)N2CC3CC(C2)N(c2nc4ccc(Cl)cc4s2)C3)c1. The molecule has 7 nitrogen and oxygen atoms in total. The van der Waals surface area contributed by atoms with E-state index in [4.69, 9.17) is 16.6 Å². The van der Waals surface area contributed by atoms with Crippen molar-refractivity contribution in [1.82, 2.24) is 24.9 Å². The minimum atomic E-state index is 0.0358. The van der Waals surface area contributed by atoms with Gasteiger partial charge in [-0.05, 0) is 49.6 Å². The van der Waals surface area contributed by atoms with E-state index in [2.05, 4.69) is 15.1 Å². The zero-order valence-corrected chi connectivity index (χ0v) is 19.1. The van der Waals surface area contributed by atoms with Crippen molar-refractivity contribution in [2.75, 3.05) is 24.5 Å². The molecule has 6 rings (SSSR count). The molecule has 2 aliphatic heterocycles. The number of aromatic nitrogens is 4. The van der Waals surface area contributed by atoms with Gasteiger partial charge in [-0.2, -0.15) is 15.0 Å². The van der Waals surface area contributed by atoms with Gasteiger partial charge in [0.25, 0.3) is 5.91 Å². The van der Waals surface area contributed by atoms with Crippen molar-refractivity contribution >= 4 is 44.2 Å². The zero-order valence-electron chi connectivity index (χ0n) is 17.5. The molecule has 9 heteroatoms. The standard InChI is InChI=1S/C23H21ClN6OS/c1-14-2-5-20(30-25-6-7-26-30)18(8-14)22(31)28-11-15-9-17(13-28)29(12-15)23-27-19-4-3-16(24)10-21(19)32-23/h2-8,10,15,17H,9,11-13H2,1H3. The van der Waals surface area contributed by atoms with E-state index in [1.807, 2.05) is 48.2 Å². The highest BCUT2D eigenvalue weighted by Gasteiger charge is 2.41. The first-order chi connectivity index (χ1) is 15.5. The van der Waals surface area contributed by atoms with Gasteiger partial charge in [0.15, 0.2) is 5.13 Å². The summed E-state index contributed by atoms with van der Waals surface area (Å²) < 4.78 is 1.10. The highest BCUT2D eigenvalue weighted by atomic mass is 35.5. The number of anilines is 1. The van der Waals surface area contributed by atoms with Gasteiger partial charge in [0.05, 0.1) is 33.9 Å². The van der Waals surface area contributed by atoms with Crippen molar-refractivity contribution in [2.24, 2.45) is 5.92 Å². The molecule has 1 amide bonds. The summed E-state index contributed by atoms with van der Waals surface area (Å²) in [5.41, 5.74) is 3.37. The van der Waals surface area contributed by atoms with Crippen LogP contribution in [0.25, 0.3) is 15.9 Å². The van der Waals surface area contributed by atoms with E-state index in [0.29, 0.717) is 23.7 Å². The Labute approximate surface area is 194 Å². The number of benzene rings is 2. The van der Waals surface area contributed by atoms with Gasteiger partial charge < -0.3 is 9.80 Å². The fourth-order valence-electron chi connectivity index (χ4n) is 4.88. The van der Waals surface area contributed by atoms with Crippen LogP contribution in [-0.2, 0) is 0 Å². The van der Waals surface area contributed by atoms with Crippen LogP contribution >= 0.6 is 22.9 Å². The van der Waals surface area contributed by atoms with Crippen LogP contribution in [0, 0.1) is 12.8 Å². The number of piperidine rings is 1. The van der Waals surface area contributed by atoms with Gasteiger partial charge in [-0.15, -0.1) is 0 Å². The van der Waals surface area contributed by atoms with Crippen LogP contribution in [0.15, 0.2) is 48.8 Å². The van der Waals surface area contributed by atoms with Gasteiger partial charge in [0.1, 0.15) is 0 Å². The van der Waals surface area contributed by atoms with Crippen molar-refractivity contribution < 1.29 is 4.79 Å². The van der Waals surface area contributed by atoms with E-state index in [9.17, 15) is 4.79 Å². The van der Waals surface area contributed by atoms with Crippen molar-refractivity contribution in [2.45, 2.75) is 19.4 Å². The molecule has 2 fully saturated rings. The Morgan fingerprint density at radius 1 is 1.09 bits per heavy atom. The third-order valence-corrected chi connectivity index (χ3v) is 7.59. The molecule has 32 heavy (non-hydrogen) atoms. The lowest BCUT2D eigenvalue weighted by Gasteiger charge is -2.33. The topological polar surface area (TPSA) is 67.2 Å². The lowest BCUT2D eigenvalue weighted by atomic mass is 9.98. The first kappa shape index (κ1) is 19.7. The molecule has 2 saturated heterocycles. The largest absolute Gasteiger partial charge is 0.343 e. The Bertz CT molecular complexity index is 1320. The summed E-state index contributed by atoms with van der Waals surface area (Å²) in [6.07, 6.45) is 4.33. The van der Waals surface area contributed by atoms with Crippen LogP contribution < -0.4 is 4.90 Å². The zero-order chi connectivity index (χ0) is 21.8. The second kappa shape index (κ2) is 7.56. The molecular formula is C23H21ClN6OS. The molecule has 162 valence electrons. The summed E-state index contributed by atoms with van der Waals surface area (Å²) in [4.78, 5) is 24.4. The van der Waals surface area contributed by atoms with E-state index in [1.54, 1.807) is 23.7 Å². The first-order valence-electron chi connectivity index (χ1n) is 10.6. The molecule has 2 aromatic carbocycles. The molecule has 2 aromatic heterocycles. The number of hydrogen-bond donors (Lipinski definition) is 0. The maximum Gasteiger partial charge on any atom is 0.256 e. The maximum absolute atomic E-state index is 13.6. The lowest BCUT2D eigenvalue weighted by molar-refractivity contribution is 0.0694. The van der Waals surface area contributed by atoms with E-state index in [-0.39, 0.29) is 11.9 Å². The van der Waals surface area contributed by atoms with Gasteiger partial charge in [0, 0.05) is 30.7 Å². The molecule has 2 bridgehead atoms. The van der Waals surface area contributed by atoms with Crippen molar-refractivity contribution in [3.63, 3.8) is 0 Å².